The van der Waals surface area contributed by atoms with Gasteiger partial charge < -0.3 is 4.90 Å². The Hall–Kier alpha value is -2.08. The van der Waals surface area contributed by atoms with Crippen molar-refractivity contribution >= 4 is 29.8 Å². The van der Waals surface area contributed by atoms with Crippen LogP contribution in [0.1, 0.15) is 18.3 Å². The van der Waals surface area contributed by atoms with Crippen LogP contribution in [0.5, 0.6) is 0 Å². The first-order chi connectivity index (χ1) is 10.1. The molecule has 2 rings (SSSR count). The summed E-state index contributed by atoms with van der Waals surface area (Å²) in [4.78, 5) is 17.7. The van der Waals surface area contributed by atoms with Crippen molar-refractivity contribution in [3.8, 4) is 0 Å². The summed E-state index contributed by atoms with van der Waals surface area (Å²) >= 11 is 1.34. The van der Waals surface area contributed by atoms with E-state index in [9.17, 15) is 4.79 Å². The summed E-state index contributed by atoms with van der Waals surface area (Å²) in [6, 6.07) is 9.97. The summed E-state index contributed by atoms with van der Waals surface area (Å²) in [6.07, 6.45) is 3.83. The second-order valence-corrected chi connectivity index (χ2v) is 6.05. The van der Waals surface area contributed by atoms with Crippen molar-refractivity contribution in [1.29, 1.82) is 0 Å². The van der Waals surface area contributed by atoms with Crippen LogP contribution in [0.4, 0.5) is 0 Å². The molecule has 1 heterocycles. The second-order valence-electron chi connectivity index (χ2n) is 4.74. The standard InChI is InChI=1S/C15H18N4OS/c1-11(14(20)19(2)3)21-15-16-13(17-18-15)10-9-12-7-5-4-6-8-12/h4-11H,1-3H3,(H,16,17,18)/b10-9+. The molecule has 5 nitrogen and oxygen atoms in total. The Morgan fingerprint density at radius 1 is 1.29 bits per heavy atom. The normalized spacial score (nSPS) is 12.5. The van der Waals surface area contributed by atoms with E-state index < -0.39 is 0 Å². The van der Waals surface area contributed by atoms with Crippen LogP contribution in [0.15, 0.2) is 35.5 Å². The minimum Gasteiger partial charge on any atom is -0.348 e. The number of hydrogen-bond acceptors (Lipinski definition) is 4. The molecule has 110 valence electrons. The highest BCUT2D eigenvalue weighted by Crippen LogP contribution is 2.20. The van der Waals surface area contributed by atoms with Crippen molar-refractivity contribution in [2.75, 3.05) is 14.1 Å². The summed E-state index contributed by atoms with van der Waals surface area (Å²) in [5.41, 5.74) is 1.10. The summed E-state index contributed by atoms with van der Waals surface area (Å²) < 4.78 is 0. The third kappa shape index (κ3) is 4.46. The fourth-order valence-electron chi connectivity index (χ4n) is 1.70. The van der Waals surface area contributed by atoms with E-state index >= 15 is 0 Å². The van der Waals surface area contributed by atoms with Crippen molar-refractivity contribution in [3.05, 3.63) is 41.7 Å². The van der Waals surface area contributed by atoms with Crippen molar-refractivity contribution < 1.29 is 4.79 Å². The lowest BCUT2D eigenvalue weighted by Crippen LogP contribution is -2.29. The molecule has 1 amide bonds. The van der Waals surface area contributed by atoms with Crippen LogP contribution < -0.4 is 0 Å². The molecule has 0 aliphatic heterocycles. The van der Waals surface area contributed by atoms with Gasteiger partial charge in [-0.15, -0.1) is 5.10 Å². The molecule has 0 aliphatic rings. The molecule has 0 aliphatic carbocycles. The summed E-state index contributed by atoms with van der Waals surface area (Å²) in [5.74, 6) is 0.719. The van der Waals surface area contributed by atoms with Gasteiger partial charge in [-0.2, -0.15) is 0 Å². The fourth-order valence-corrected chi connectivity index (χ4v) is 2.57. The highest BCUT2D eigenvalue weighted by molar-refractivity contribution is 8.00. The zero-order valence-corrected chi connectivity index (χ0v) is 13.1. The van der Waals surface area contributed by atoms with Crippen molar-refractivity contribution in [3.63, 3.8) is 0 Å². The van der Waals surface area contributed by atoms with Gasteiger partial charge in [0.15, 0.2) is 0 Å². The number of carbonyl (C=O) groups is 1. The number of hydrogen-bond donors (Lipinski definition) is 1. The van der Waals surface area contributed by atoms with Crippen LogP contribution in [-0.2, 0) is 4.79 Å². The van der Waals surface area contributed by atoms with E-state index in [1.807, 2.05) is 49.4 Å². The molecular formula is C15H18N4OS. The zero-order chi connectivity index (χ0) is 15.2. The van der Waals surface area contributed by atoms with E-state index in [2.05, 4.69) is 15.2 Å². The molecule has 1 aromatic carbocycles. The van der Waals surface area contributed by atoms with Gasteiger partial charge in [-0.05, 0) is 18.6 Å². The van der Waals surface area contributed by atoms with Gasteiger partial charge in [0.1, 0.15) is 5.82 Å². The van der Waals surface area contributed by atoms with Crippen molar-refractivity contribution in [2.24, 2.45) is 0 Å². The van der Waals surface area contributed by atoms with E-state index in [-0.39, 0.29) is 11.2 Å². The third-order valence-electron chi connectivity index (χ3n) is 2.79. The number of thioether (sulfide) groups is 1. The maximum Gasteiger partial charge on any atom is 0.235 e. The smallest absolute Gasteiger partial charge is 0.235 e. The summed E-state index contributed by atoms with van der Waals surface area (Å²) in [5, 5.41) is 7.34. The van der Waals surface area contributed by atoms with Crippen LogP contribution in [0, 0.1) is 0 Å². The lowest BCUT2D eigenvalue weighted by molar-refractivity contribution is -0.127. The molecule has 0 radical (unpaired) electrons. The zero-order valence-electron chi connectivity index (χ0n) is 12.3. The molecule has 1 atom stereocenters. The monoisotopic (exact) mass is 302 g/mol. The van der Waals surface area contributed by atoms with Gasteiger partial charge in [-0.25, -0.2) is 4.98 Å². The molecule has 0 fully saturated rings. The van der Waals surface area contributed by atoms with Crippen LogP contribution >= 0.6 is 11.8 Å². The number of aromatic amines is 1. The van der Waals surface area contributed by atoms with E-state index in [1.54, 1.807) is 19.0 Å². The topological polar surface area (TPSA) is 61.9 Å². The number of aromatic nitrogens is 3. The number of carbonyl (C=O) groups excluding carboxylic acids is 1. The van der Waals surface area contributed by atoms with Gasteiger partial charge in [0, 0.05) is 14.1 Å². The minimum atomic E-state index is -0.207. The Kier molecular flexibility index (Phi) is 5.16. The molecule has 1 aromatic heterocycles. The number of rotatable bonds is 5. The predicted molar refractivity (Wildman–Crippen MR) is 85.8 cm³/mol. The number of nitrogens with zero attached hydrogens (tertiary/aromatic N) is 3. The first-order valence-electron chi connectivity index (χ1n) is 6.59. The summed E-state index contributed by atoms with van der Waals surface area (Å²) in [7, 11) is 3.48. The SMILES string of the molecule is CC(Sc1n[nH]c(/C=C/c2ccccc2)n1)C(=O)N(C)C. The Morgan fingerprint density at radius 2 is 2.00 bits per heavy atom. The van der Waals surface area contributed by atoms with Gasteiger partial charge in [-0.3, -0.25) is 9.89 Å². The summed E-state index contributed by atoms with van der Waals surface area (Å²) in [6.45, 7) is 1.85. The van der Waals surface area contributed by atoms with E-state index in [0.29, 0.717) is 11.0 Å². The molecule has 2 aromatic rings. The Morgan fingerprint density at radius 3 is 2.67 bits per heavy atom. The maximum absolute atomic E-state index is 11.8. The average Bonchev–Trinajstić information content (AvgIpc) is 2.92. The highest BCUT2D eigenvalue weighted by Gasteiger charge is 2.18. The predicted octanol–water partition coefficient (Wildman–Crippen LogP) is 2.54. The first-order valence-corrected chi connectivity index (χ1v) is 7.47. The molecule has 0 bridgehead atoms. The Bertz CT molecular complexity index is 622. The maximum atomic E-state index is 11.8. The molecule has 1 unspecified atom stereocenters. The van der Waals surface area contributed by atoms with E-state index in [1.165, 1.54) is 11.8 Å². The Labute approximate surface area is 128 Å². The van der Waals surface area contributed by atoms with Gasteiger partial charge in [-0.1, -0.05) is 48.2 Å². The van der Waals surface area contributed by atoms with Gasteiger partial charge >= 0.3 is 0 Å². The lowest BCUT2D eigenvalue weighted by Gasteiger charge is -2.14. The van der Waals surface area contributed by atoms with E-state index in [4.69, 9.17) is 0 Å². The molecule has 0 spiro atoms. The number of nitrogens with one attached hydrogen (secondary N) is 1. The number of amides is 1. The van der Waals surface area contributed by atoms with Crippen LogP contribution in [0.2, 0.25) is 0 Å². The lowest BCUT2D eigenvalue weighted by atomic mass is 10.2. The molecule has 21 heavy (non-hydrogen) atoms. The largest absolute Gasteiger partial charge is 0.348 e. The molecule has 6 heteroatoms. The van der Waals surface area contributed by atoms with Crippen molar-refractivity contribution in [1.82, 2.24) is 20.1 Å². The van der Waals surface area contributed by atoms with Gasteiger partial charge in [0.2, 0.25) is 11.1 Å². The number of benzene rings is 1. The minimum absolute atomic E-state index is 0.0474. The van der Waals surface area contributed by atoms with Crippen LogP contribution in [0.3, 0.4) is 0 Å². The van der Waals surface area contributed by atoms with Crippen LogP contribution in [-0.4, -0.2) is 45.3 Å². The van der Waals surface area contributed by atoms with Gasteiger partial charge in [0.25, 0.3) is 0 Å². The average molecular weight is 302 g/mol. The van der Waals surface area contributed by atoms with E-state index in [0.717, 1.165) is 5.56 Å². The fraction of sp³-hybridized carbons (Fsp3) is 0.267. The second kappa shape index (κ2) is 7.08. The Balaban J connectivity index is 1.99. The highest BCUT2D eigenvalue weighted by atomic mass is 32.2. The molecular weight excluding hydrogens is 284 g/mol. The third-order valence-corrected chi connectivity index (χ3v) is 3.73. The molecule has 0 saturated heterocycles. The van der Waals surface area contributed by atoms with Gasteiger partial charge in [0.05, 0.1) is 5.25 Å². The molecule has 0 saturated carbocycles. The number of H-pyrrole nitrogens is 1. The quantitative estimate of drug-likeness (QED) is 0.862. The van der Waals surface area contributed by atoms with Crippen molar-refractivity contribution in [2.45, 2.75) is 17.3 Å². The molecule has 1 N–H and O–H groups in total. The first kappa shape index (κ1) is 15.3. The van der Waals surface area contributed by atoms with Crippen LogP contribution in [0.25, 0.3) is 12.2 Å².